The molecule has 3 N–H and O–H groups in total. The Morgan fingerprint density at radius 2 is 1.72 bits per heavy atom. The van der Waals surface area contributed by atoms with E-state index in [0.717, 1.165) is 12.1 Å². The largest absolute Gasteiger partial charge is 0.417 e. The summed E-state index contributed by atoms with van der Waals surface area (Å²) < 4.78 is 72.5. The molecule has 14 heteroatoms. The molecule has 0 spiro atoms. The number of nitriles is 1. The molecule has 3 aromatic carbocycles. The van der Waals surface area contributed by atoms with Crippen LogP contribution >= 0.6 is 0 Å². The van der Waals surface area contributed by atoms with Crippen LogP contribution in [-0.4, -0.2) is 56.2 Å². The molecule has 0 bridgehead atoms. The Kier molecular flexibility index (Phi) is 10.4. The van der Waals surface area contributed by atoms with Gasteiger partial charge in [0, 0.05) is 31.1 Å². The molecule has 1 unspecified atom stereocenters. The number of nitrogens with zero attached hydrogens (tertiary/aromatic N) is 2. The van der Waals surface area contributed by atoms with Crippen molar-refractivity contribution in [2.45, 2.75) is 42.9 Å². The van der Waals surface area contributed by atoms with Gasteiger partial charge in [0.25, 0.3) is 5.91 Å². The summed E-state index contributed by atoms with van der Waals surface area (Å²) in [4.78, 5) is 27.7. The summed E-state index contributed by atoms with van der Waals surface area (Å²) >= 11 is 0. The highest BCUT2D eigenvalue weighted by atomic mass is 32.2. The van der Waals surface area contributed by atoms with Gasteiger partial charge in [-0.3, -0.25) is 4.79 Å². The third-order valence-electron chi connectivity index (χ3n) is 7.95. The predicted octanol–water partition coefficient (Wildman–Crippen LogP) is 5.45. The number of benzene rings is 3. The number of ether oxygens (including phenoxy) is 1. The summed E-state index contributed by atoms with van der Waals surface area (Å²) in [6, 6.07) is 17.2. The first kappa shape index (κ1) is 35.1. The molecule has 1 heterocycles. The highest BCUT2D eigenvalue weighted by Gasteiger charge is 2.46. The number of carbonyl (C=O) groups excluding carboxylic acids is 2. The average molecular weight is 671 g/mol. The number of amides is 2. The van der Waals surface area contributed by atoms with Gasteiger partial charge in [0.05, 0.1) is 27.9 Å². The Bertz CT molecular complexity index is 1810. The van der Waals surface area contributed by atoms with Crippen LogP contribution in [-0.2, 0) is 32.2 Å². The molecule has 1 aliphatic rings. The van der Waals surface area contributed by atoms with E-state index in [1.54, 1.807) is 36.4 Å². The SMILES string of the molecule is C=C(C)OC(=O)N1CCC(C(O)(Cc2cccc(-c3ccc(S(=O)(=O)NC)cc3)c2)C(=O)Nc2ccc(C#N)c(C(F)(F)F)c2)CC1. The van der Waals surface area contributed by atoms with Crippen LogP contribution in [0.5, 0.6) is 0 Å². The van der Waals surface area contributed by atoms with Crippen LogP contribution in [0.4, 0.5) is 23.7 Å². The predicted molar refractivity (Wildman–Crippen MR) is 167 cm³/mol. The van der Waals surface area contributed by atoms with E-state index >= 15 is 0 Å². The lowest BCUT2D eigenvalue weighted by molar-refractivity contribution is -0.142. The van der Waals surface area contributed by atoms with E-state index in [4.69, 9.17) is 10.00 Å². The molecule has 10 nitrogen and oxygen atoms in total. The van der Waals surface area contributed by atoms with Gasteiger partial charge < -0.3 is 20.1 Å². The Morgan fingerprint density at radius 3 is 2.30 bits per heavy atom. The first-order valence-corrected chi connectivity index (χ1v) is 16.0. The fraction of sp³-hybridized carbons (Fsp3) is 0.303. The van der Waals surface area contributed by atoms with Crippen molar-refractivity contribution in [1.29, 1.82) is 5.26 Å². The van der Waals surface area contributed by atoms with Crippen LogP contribution in [0.2, 0.25) is 0 Å². The molecule has 1 aliphatic heterocycles. The number of anilines is 1. The molecular weight excluding hydrogens is 637 g/mol. The zero-order valence-corrected chi connectivity index (χ0v) is 26.4. The van der Waals surface area contributed by atoms with Gasteiger partial charge in [-0.2, -0.15) is 18.4 Å². The summed E-state index contributed by atoms with van der Waals surface area (Å²) in [5.74, 6) is -1.47. The standard InChI is InChI=1S/C33H33F3N4O6S/c1-21(2)46-31(42)40-15-13-26(14-16-40)32(43,30(41)39-27-10-7-25(20-37)29(18-27)33(34,35)36)19-22-5-4-6-24(17-22)23-8-11-28(12-9-23)47(44,45)38-3/h4-12,17-18,26,38,43H,1,13-16,19H2,2-3H3,(H,39,41). The number of hydrogen-bond donors (Lipinski definition) is 3. The maximum Gasteiger partial charge on any atom is 0.417 e. The monoisotopic (exact) mass is 670 g/mol. The average Bonchev–Trinajstić information content (AvgIpc) is 3.04. The number of piperidine rings is 1. The van der Waals surface area contributed by atoms with Crippen molar-refractivity contribution < 1.29 is 41.0 Å². The maximum atomic E-state index is 13.8. The molecule has 0 aliphatic carbocycles. The molecule has 1 saturated heterocycles. The second-order valence-electron chi connectivity index (χ2n) is 11.2. The van der Waals surface area contributed by atoms with Crippen LogP contribution in [0, 0.1) is 17.2 Å². The smallest absolute Gasteiger partial charge is 0.416 e. The van der Waals surface area contributed by atoms with Crippen molar-refractivity contribution in [1.82, 2.24) is 9.62 Å². The second-order valence-corrected chi connectivity index (χ2v) is 13.1. The molecule has 0 radical (unpaired) electrons. The molecule has 4 rings (SSSR count). The van der Waals surface area contributed by atoms with Crippen molar-refractivity contribution in [2.75, 3.05) is 25.5 Å². The molecular formula is C33H33F3N4O6S. The van der Waals surface area contributed by atoms with Crippen LogP contribution in [0.25, 0.3) is 11.1 Å². The number of alkyl halides is 3. The number of nitrogens with one attached hydrogen (secondary N) is 2. The fourth-order valence-corrected chi connectivity index (χ4v) is 6.20. The Labute approximate surface area is 270 Å². The number of aliphatic hydroxyl groups is 1. The number of hydrogen-bond acceptors (Lipinski definition) is 7. The van der Waals surface area contributed by atoms with Crippen molar-refractivity contribution in [3.05, 3.63) is 95.8 Å². The molecule has 2 amide bonds. The van der Waals surface area contributed by atoms with Crippen molar-refractivity contribution in [3.63, 3.8) is 0 Å². The van der Waals surface area contributed by atoms with Crippen LogP contribution in [0.15, 0.2) is 84.0 Å². The minimum absolute atomic E-state index is 0.0703. The molecule has 0 saturated carbocycles. The first-order chi connectivity index (χ1) is 22.1. The summed E-state index contributed by atoms with van der Waals surface area (Å²) in [6.07, 6.45) is -5.36. The highest BCUT2D eigenvalue weighted by molar-refractivity contribution is 7.89. The molecule has 0 aromatic heterocycles. The summed E-state index contributed by atoms with van der Waals surface area (Å²) in [5, 5.41) is 23.7. The molecule has 1 atom stereocenters. The summed E-state index contributed by atoms with van der Waals surface area (Å²) in [6.45, 7) is 5.36. The summed E-state index contributed by atoms with van der Waals surface area (Å²) in [7, 11) is -2.35. The van der Waals surface area contributed by atoms with Gasteiger partial charge in [-0.05, 0) is 73.8 Å². The lowest BCUT2D eigenvalue weighted by atomic mass is 9.76. The van der Waals surface area contributed by atoms with Gasteiger partial charge in [0.2, 0.25) is 10.0 Å². The van der Waals surface area contributed by atoms with E-state index in [2.05, 4.69) is 16.6 Å². The molecule has 3 aromatic rings. The number of halogens is 3. The second kappa shape index (κ2) is 14.0. The van der Waals surface area contributed by atoms with Gasteiger partial charge in [-0.1, -0.05) is 43.0 Å². The minimum atomic E-state index is -4.86. The Morgan fingerprint density at radius 1 is 1.06 bits per heavy atom. The topological polar surface area (TPSA) is 149 Å². The van der Waals surface area contributed by atoms with Gasteiger partial charge >= 0.3 is 12.3 Å². The molecule has 47 heavy (non-hydrogen) atoms. The van der Waals surface area contributed by atoms with E-state index in [9.17, 15) is 36.3 Å². The number of allylic oxidation sites excluding steroid dienone is 1. The van der Waals surface area contributed by atoms with Crippen LogP contribution in [0.1, 0.15) is 36.5 Å². The van der Waals surface area contributed by atoms with E-state index in [-0.39, 0.29) is 48.7 Å². The summed E-state index contributed by atoms with van der Waals surface area (Å²) in [5.41, 5.74) is -2.39. The minimum Gasteiger partial charge on any atom is -0.416 e. The number of likely N-dealkylation sites (tertiary alicyclic amines) is 1. The third-order valence-corrected chi connectivity index (χ3v) is 9.38. The van der Waals surface area contributed by atoms with Crippen LogP contribution < -0.4 is 10.0 Å². The Balaban J connectivity index is 1.66. The quantitative estimate of drug-likeness (QED) is 0.257. The lowest BCUT2D eigenvalue weighted by Gasteiger charge is -2.40. The van der Waals surface area contributed by atoms with Gasteiger partial charge in [-0.25, -0.2) is 17.9 Å². The lowest BCUT2D eigenvalue weighted by Crippen LogP contribution is -2.54. The van der Waals surface area contributed by atoms with E-state index in [1.165, 1.54) is 37.1 Å². The number of rotatable bonds is 9. The van der Waals surface area contributed by atoms with Crippen molar-refractivity contribution in [3.8, 4) is 17.2 Å². The van der Waals surface area contributed by atoms with E-state index in [0.29, 0.717) is 22.8 Å². The first-order valence-electron chi connectivity index (χ1n) is 14.5. The Hall–Kier alpha value is -4.71. The number of sulfonamides is 1. The molecule has 1 fully saturated rings. The van der Waals surface area contributed by atoms with Crippen molar-refractivity contribution in [2.24, 2.45) is 5.92 Å². The molecule has 248 valence electrons. The van der Waals surface area contributed by atoms with E-state index in [1.807, 2.05) is 0 Å². The van der Waals surface area contributed by atoms with Gasteiger partial charge in [0.15, 0.2) is 0 Å². The third kappa shape index (κ3) is 8.18. The van der Waals surface area contributed by atoms with E-state index < -0.39 is 50.8 Å². The van der Waals surface area contributed by atoms with Gasteiger partial charge in [-0.15, -0.1) is 0 Å². The fourth-order valence-electron chi connectivity index (χ4n) is 5.47. The van der Waals surface area contributed by atoms with Crippen LogP contribution in [0.3, 0.4) is 0 Å². The van der Waals surface area contributed by atoms with Gasteiger partial charge in [0.1, 0.15) is 5.60 Å². The highest BCUT2D eigenvalue weighted by Crippen LogP contribution is 2.36. The zero-order chi connectivity index (χ0) is 34.6. The maximum absolute atomic E-state index is 13.8. The number of carbonyl (C=O) groups is 2. The zero-order valence-electron chi connectivity index (χ0n) is 25.6. The van der Waals surface area contributed by atoms with Crippen molar-refractivity contribution >= 4 is 27.7 Å². The normalized spacial score (nSPS) is 15.3.